The fourth-order valence-corrected chi connectivity index (χ4v) is 5.09. The molecule has 0 bridgehead atoms. The second kappa shape index (κ2) is 6.81. The second-order valence-corrected chi connectivity index (χ2v) is 7.76. The van der Waals surface area contributed by atoms with E-state index in [0.29, 0.717) is 11.5 Å². The number of methoxy groups -OCH3 is 2. The van der Waals surface area contributed by atoms with Crippen molar-refractivity contribution in [3.63, 3.8) is 0 Å². The Labute approximate surface area is 157 Å². The maximum atomic E-state index is 12.8. The monoisotopic (exact) mass is 374 g/mol. The minimum Gasteiger partial charge on any atom is -0.493 e. The molecule has 2 aliphatic rings. The number of hydrogen-bond donors (Lipinski definition) is 3. The predicted molar refractivity (Wildman–Crippen MR) is 101 cm³/mol. The molecule has 1 aromatic heterocycles. The maximum absolute atomic E-state index is 12.8. The Morgan fingerprint density at radius 3 is 2.77 bits per heavy atom. The summed E-state index contributed by atoms with van der Waals surface area (Å²) in [7, 11) is 3.23. The van der Waals surface area contributed by atoms with Crippen molar-refractivity contribution in [2.24, 2.45) is 0 Å². The predicted octanol–water partition coefficient (Wildman–Crippen LogP) is 1.58. The molecule has 1 unspecified atom stereocenters. The third-order valence-electron chi connectivity index (χ3n) is 5.25. The van der Waals surface area contributed by atoms with Crippen LogP contribution in [0.2, 0.25) is 0 Å². The minimum atomic E-state index is -0.274. The van der Waals surface area contributed by atoms with Crippen LogP contribution in [-0.4, -0.2) is 33.2 Å². The van der Waals surface area contributed by atoms with Gasteiger partial charge in [0.2, 0.25) is 0 Å². The SMILES string of the molecule is CC[NH+]1CCc2c(sc3c2C(=O)N[C@@H](c2ccc(OC)c(OC)c2)N3)C1. The fraction of sp³-hybridized carbons (Fsp3) is 0.421. The van der Waals surface area contributed by atoms with Crippen LogP contribution in [0.4, 0.5) is 5.00 Å². The Morgan fingerprint density at radius 1 is 1.23 bits per heavy atom. The van der Waals surface area contributed by atoms with Gasteiger partial charge in [-0.2, -0.15) is 0 Å². The third-order valence-corrected chi connectivity index (χ3v) is 6.41. The van der Waals surface area contributed by atoms with Gasteiger partial charge >= 0.3 is 0 Å². The van der Waals surface area contributed by atoms with Crippen LogP contribution in [0.15, 0.2) is 18.2 Å². The molecular formula is C19H24N3O3S+. The average Bonchev–Trinajstić information content (AvgIpc) is 3.05. The lowest BCUT2D eigenvalue weighted by Crippen LogP contribution is -3.11. The normalized spacial score (nSPS) is 21.3. The van der Waals surface area contributed by atoms with Gasteiger partial charge in [0.1, 0.15) is 17.7 Å². The summed E-state index contributed by atoms with van der Waals surface area (Å²) in [5.41, 5.74) is 3.02. The van der Waals surface area contributed by atoms with Gasteiger partial charge in [0.05, 0.1) is 37.7 Å². The molecule has 1 aromatic carbocycles. The Hall–Kier alpha value is -2.25. The van der Waals surface area contributed by atoms with Crippen LogP contribution in [0, 0.1) is 0 Å². The number of rotatable bonds is 4. The van der Waals surface area contributed by atoms with Gasteiger partial charge in [0.25, 0.3) is 5.91 Å². The van der Waals surface area contributed by atoms with Gasteiger partial charge in [-0.3, -0.25) is 4.79 Å². The first-order valence-corrected chi connectivity index (χ1v) is 9.73. The highest BCUT2D eigenvalue weighted by Crippen LogP contribution is 2.40. The minimum absolute atomic E-state index is 0.0102. The van der Waals surface area contributed by atoms with E-state index in [2.05, 4.69) is 17.6 Å². The Kier molecular flexibility index (Phi) is 4.50. The van der Waals surface area contributed by atoms with Crippen molar-refractivity contribution in [2.75, 3.05) is 32.6 Å². The van der Waals surface area contributed by atoms with E-state index in [1.165, 1.54) is 10.4 Å². The molecule has 2 aliphatic heterocycles. The summed E-state index contributed by atoms with van der Waals surface area (Å²) < 4.78 is 10.7. The summed E-state index contributed by atoms with van der Waals surface area (Å²) >= 11 is 1.73. The van der Waals surface area contributed by atoms with Gasteiger partial charge < -0.3 is 25.0 Å². The number of likely N-dealkylation sites (N-methyl/N-ethyl adjacent to an activating group) is 1. The van der Waals surface area contributed by atoms with Crippen LogP contribution in [0.1, 0.15) is 39.5 Å². The van der Waals surface area contributed by atoms with Crippen LogP contribution in [0.3, 0.4) is 0 Å². The number of ether oxygens (including phenoxy) is 2. The topological polar surface area (TPSA) is 64.0 Å². The summed E-state index contributed by atoms with van der Waals surface area (Å²) in [5.74, 6) is 1.34. The zero-order valence-corrected chi connectivity index (χ0v) is 16.1. The van der Waals surface area contributed by atoms with Crippen molar-refractivity contribution in [3.05, 3.63) is 39.8 Å². The number of nitrogens with one attached hydrogen (secondary N) is 3. The van der Waals surface area contributed by atoms with Gasteiger partial charge in [-0.1, -0.05) is 6.07 Å². The molecule has 0 radical (unpaired) electrons. The van der Waals surface area contributed by atoms with Crippen LogP contribution in [-0.2, 0) is 13.0 Å². The lowest BCUT2D eigenvalue weighted by atomic mass is 10.0. The van der Waals surface area contributed by atoms with Crippen molar-refractivity contribution in [2.45, 2.75) is 26.1 Å². The zero-order chi connectivity index (χ0) is 18.3. The van der Waals surface area contributed by atoms with E-state index in [-0.39, 0.29) is 12.1 Å². The lowest BCUT2D eigenvalue weighted by molar-refractivity contribution is -0.913. The number of hydrogen-bond acceptors (Lipinski definition) is 5. The van der Waals surface area contributed by atoms with Crippen LogP contribution in [0.5, 0.6) is 11.5 Å². The van der Waals surface area contributed by atoms with Crippen LogP contribution < -0.4 is 25.0 Å². The molecule has 3 N–H and O–H groups in total. The first kappa shape index (κ1) is 17.2. The highest BCUT2D eigenvalue weighted by Gasteiger charge is 2.34. The molecule has 4 rings (SSSR count). The number of carbonyl (C=O) groups excluding carboxylic acids is 1. The van der Waals surface area contributed by atoms with Crippen molar-refractivity contribution in [1.82, 2.24) is 5.32 Å². The quantitative estimate of drug-likeness (QED) is 0.760. The van der Waals surface area contributed by atoms with Gasteiger partial charge in [-0.15, -0.1) is 11.3 Å². The largest absolute Gasteiger partial charge is 0.493 e. The fourth-order valence-electron chi connectivity index (χ4n) is 3.75. The molecule has 0 spiro atoms. The summed E-state index contributed by atoms with van der Waals surface area (Å²) in [6, 6.07) is 5.71. The summed E-state index contributed by atoms with van der Waals surface area (Å²) in [6.45, 7) is 5.44. The average molecular weight is 374 g/mol. The van der Waals surface area contributed by atoms with Crippen molar-refractivity contribution >= 4 is 22.2 Å². The van der Waals surface area contributed by atoms with E-state index >= 15 is 0 Å². The van der Waals surface area contributed by atoms with E-state index in [0.717, 1.165) is 42.2 Å². The Bertz CT molecular complexity index is 849. The third kappa shape index (κ3) is 2.81. The summed E-state index contributed by atoms with van der Waals surface area (Å²) in [5, 5.41) is 7.58. The smallest absolute Gasteiger partial charge is 0.256 e. The van der Waals surface area contributed by atoms with Gasteiger partial charge in [-0.25, -0.2) is 0 Å². The molecule has 6 nitrogen and oxygen atoms in total. The summed E-state index contributed by atoms with van der Waals surface area (Å²) in [4.78, 5) is 15.7. The van der Waals surface area contributed by atoms with Crippen LogP contribution >= 0.6 is 11.3 Å². The zero-order valence-electron chi connectivity index (χ0n) is 15.3. The number of thiophene rings is 1. The molecule has 0 saturated heterocycles. The van der Waals surface area contributed by atoms with E-state index in [1.54, 1.807) is 30.5 Å². The van der Waals surface area contributed by atoms with Crippen molar-refractivity contribution in [1.29, 1.82) is 0 Å². The van der Waals surface area contributed by atoms with Crippen LogP contribution in [0.25, 0.3) is 0 Å². The number of carbonyl (C=O) groups is 1. The number of amides is 1. The lowest BCUT2D eigenvalue weighted by Gasteiger charge is -2.27. The number of anilines is 1. The van der Waals surface area contributed by atoms with Gasteiger partial charge in [0.15, 0.2) is 11.5 Å². The molecule has 138 valence electrons. The molecule has 3 heterocycles. The standard InChI is InChI=1S/C19H23N3O3S/c1-4-22-8-7-12-15(10-22)26-19-16(12)18(23)20-17(21-19)11-5-6-13(24-2)14(9-11)25-3/h5-6,9,17,21H,4,7-8,10H2,1-3H3,(H,20,23)/p+1/t17-/m1/s1. The van der Waals surface area contributed by atoms with E-state index < -0.39 is 0 Å². The van der Waals surface area contributed by atoms with Crippen molar-refractivity contribution in [3.8, 4) is 11.5 Å². The van der Waals surface area contributed by atoms with E-state index in [4.69, 9.17) is 9.47 Å². The van der Waals surface area contributed by atoms with E-state index in [9.17, 15) is 4.79 Å². The number of benzene rings is 1. The maximum Gasteiger partial charge on any atom is 0.256 e. The van der Waals surface area contributed by atoms with E-state index in [1.807, 2.05) is 18.2 Å². The molecule has 26 heavy (non-hydrogen) atoms. The number of quaternary nitrogens is 1. The molecule has 0 saturated carbocycles. The molecule has 2 atom stereocenters. The molecule has 2 aromatic rings. The number of fused-ring (bicyclic) bond motifs is 3. The highest BCUT2D eigenvalue weighted by molar-refractivity contribution is 7.16. The molecule has 1 amide bonds. The highest BCUT2D eigenvalue weighted by atomic mass is 32.1. The molecule has 0 aliphatic carbocycles. The second-order valence-electron chi connectivity index (χ2n) is 6.65. The molecule has 7 heteroatoms. The van der Waals surface area contributed by atoms with Gasteiger partial charge in [0, 0.05) is 6.42 Å². The molecular weight excluding hydrogens is 350 g/mol. The van der Waals surface area contributed by atoms with Crippen molar-refractivity contribution < 1.29 is 19.2 Å². The molecule has 0 fully saturated rings. The first-order chi connectivity index (χ1) is 12.6. The van der Waals surface area contributed by atoms with Gasteiger partial charge in [-0.05, 0) is 30.2 Å². The first-order valence-electron chi connectivity index (χ1n) is 8.92. The Balaban J connectivity index is 1.65. The Morgan fingerprint density at radius 2 is 2.04 bits per heavy atom. The summed E-state index contributed by atoms with van der Waals surface area (Å²) in [6.07, 6.45) is 0.699.